The van der Waals surface area contributed by atoms with E-state index in [4.69, 9.17) is 0 Å². The van der Waals surface area contributed by atoms with Crippen LogP contribution in [0.15, 0.2) is 11.6 Å². The Bertz CT molecular complexity index is 215. The van der Waals surface area contributed by atoms with E-state index < -0.39 is 0 Å². The van der Waals surface area contributed by atoms with E-state index in [1.807, 2.05) is 11.6 Å². The maximum absolute atomic E-state index is 4.26. The van der Waals surface area contributed by atoms with E-state index in [0.717, 1.165) is 6.54 Å². The van der Waals surface area contributed by atoms with Gasteiger partial charge in [0.2, 0.25) is 0 Å². The Hall–Kier alpha value is -0.410. The number of nitrogens with zero attached hydrogens (tertiary/aromatic N) is 1. The molecule has 0 radical (unpaired) electrons. The Kier molecular flexibility index (Phi) is 5.80. The van der Waals surface area contributed by atoms with Gasteiger partial charge in [-0.05, 0) is 12.8 Å². The van der Waals surface area contributed by atoms with E-state index in [9.17, 15) is 0 Å². The maximum atomic E-state index is 4.26. The van der Waals surface area contributed by atoms with E-state index in [2.05, 4.69) is 24.1 Å². The average Bonchev–Trinajstić information content (AvgIpc) is 2.67. The zero-order valence-electron chi connectivity index (χ0n) is 9.12. The van der Waals surface area contributed by atoms with Crippen LogP contribution < -0.4 is 5.32 Å². The Morgan fingerprint density at radius 1 is 1.36 bits per heavy atom. The smallest absolute Gasteiger partial charge is 0.106 e. The minimum atomic E-state index is 0.675. The monoisotopic (exact) mass is 212 g/mol. The second-order valence-corrected chi connectivity index (χ2v) is 4.56. The normalized spacial score (nSPS) is 11.1. The lowest BCUT2D eigenvalue weighted by atomic mass is 10.1. The van der Waals surface area contributed by atoms with Crippen LogP contribution >= 0.6 is 11.3 Å². The molecule has 1 aromatic heterocycles. The van der Waals surface area contributed by atoms with Crippen molar-refractivity contribution < 1.29 is 0 Å². The first-order valence-electron chi connectivity index (χ1n) is 5.48. The molecular weight excluding hydrogens is 192 g/mol. The van der Waals surface area contributed by atoms with Gasteiger partial charge >= 0.3 is 0 Å². The van der Waals surface area contributed by atoms with Crippen molar-refractivity contribution in [3.63, 3.8) is 0 Å². The van der Waals surface area contributed by atoms with Gasteiger partial charge in [0.25, 0.3) is 0 Å². The van der Waals surface area contributed by atoms with Crippen molar-refractivity contribution in [3.8, 4) is 0 Å². The maximum Gasteiger partial charge on any atom is 0.106 e. The van der Waals surface area contributed by atoms with Crippen LogP contribution in [-0.4, -0.2) is 11.0 Å². The largest absolute Gasteiger partial charge is 0.308 e. The first-order valence-corrected chi connectivity index (χ1v) is 6.36. The van der Waals surface area contributed by atoms with Crippen molar-refractivity contribution in [3.05, 3.63) is 16.6 Å². The highest BCUT2D eigenvalue weighted by Crippen LogP contribution is 2.08. The number of aromatic nitrogens is 1. The number of hydrogen-bond acceptors (Lipinski definition) is 3. The van der Waals surface area contributed by atoms with Crippen LogP contribution in [-0.2, 0) is 6.54 Å². The minimum absolute atomic E-state index is 0.675. The Labute approximate surface area is 90.8 Å². The molecule has 3 heteroatoms. The topological polar surface area (TPSA) is 24.9 Å². The summed E-state index contributed by atoms with van der Waals surface area (Å²) >= 11 is 1.73. The lowest BCUT2D eigenvalue weighted by Gasteiger charge is -2.16. The molecule has 0 bridgehead atoms. The molecule has 14 heavy (non-hydrogen) atoms. The molecule has 0 aliphatic carbocycles. The van der Waals surface area contributed by atoms with Gasteiger partial charge in [-0.2, -0.15) is 0 Å². The van der Waals surface area contributed by atoms with E-state index in [0.29, 0.717) is 6.04 Å². The van der Waals surface area contributed by atoms with Crippen LogP contribution in [0.4, 0.5) is 0 Å². The van der Waals surface area contributed by atoms with Crippen LogP contribution in [0.3, 0.4) is 0 Å². The average molecular weight is 212 g/mol. The zero-order valence-corrected chi connectivity index (χ0v) is 9.94. The molecule has 1 heterocycles. The molecule has 0 amide bonds. The second kappa shape index (κ2) is 6.96. The molecule has 0 atom stereocenters. The van der Waals surface area contributed by atoms with E-state index in [1.165, 1.54) is 30.7 Å². The van der Waals surface area contributed by atoms with Gasteiger partial charge in [0.1, 0.15) is 5.01 Å². The van der Waals surface area contributed by atoms with E-state index in [-0.39, 0.29) is 0 Å². The summed E-state index contributed by atoms with van der Waals surface area (Å²) in [5, 5.41) is 6.80. The van der Waals surface area contributed by atoms with Crippen molar-refractivity contribution in [1.29, 1.82) is 0 Å². The number of hydrogen-bond donors (Lipinski definition) is 1. The van der Waals surface area contributed by atoms with Gasteiger partial charge in [-0.3, -0.25) is 0 Å². The molecule has 0 unspecified atom stereocenters. The van der Waals surface area contributed by atoms with Crippen LogP contribution in [0.5, 0.6) is 0 Å². The van der Waals surface area contributed by atoms with E-state index >= 15 is 0 Å². The van der Waals surface area contributed by atoms with Gasteiger partial charge in [0, 0.05) is 24.2 Å². The molecule has 0 spiro atoms. The predicted octanol–water partition coefficient (Wildman–Crippen LogP) is 3.20. The third-order valence-corrected chi connectivity index (χ3v) is 3.08. The summed E-state index contributed by atoms with van der Waals surface area (Å²) in [6.07, 6.45) is 6.94. The van der Waals surface area contributed by atoms with Crippen molar-refractivity contribution in [1.82, 2.24) is 10.3 Å². The molecule has 0 saturated heterocycles. The van der Waals surface area contributed by atoms with Crippen molar-refractivity contribution in [2.75, 3.05) is 0 Å². The summed E-state index contributed by atoms with van der Waals surface area (Å²) < 4.78 is 0. The minimum Gasteiger partial charge on any atom is -0.308 e. The first kappa shape index (κ1) is 11.7. The SMILES string of the molecule is CCCC(CCC)NCc1nccs1. The molecule has 1 N–H and O–H groups in total. The van der Waals surface area contributed by atoms with Gasteiger partial charge in [-0.25, -0.2) is 4.98 Å². The summed E-state index contributed by atoms with van der Waals surface area (Å²) in [7, 11) is 0. The summed E-state index contributed by atoms with van der Waals surface area (Å²) in [6.45, 7) is 5.42. The van der Waals surface area contributed by atoms with Gasteiger partial charge in [-0.1, -0.05) is 26.7 Å². The molecule has 2 nitrogen and oxygen atoms in total. The first-order chi connectivity index (χ1) is 6.86. The third-order valence-electron chi connectivity index (χ3n) is 2.30. The third kappa shape index (κ3) is 4.20. The summed E-state index contributed by atoms with van der Waals surface area (Å²) in [5.74, 6) is 0. The van der Waals surface area contributed by atoms with Gasteiger partial charge in [-0.15, -0.1) is 11.3 Å². The molecule has 1 aromatic rings. The molecule has 1 rings (SSSR count). The summed E-state index contributed by atoms with van der Waals surface area (Å²) in [5.41, 5.74) is 0. The summed E-state index contributed by atoms with van der Waals surface area (Å²) in [4.78, 5) is 4.26. The predicted molar refractivity (Wildman–Crippen MR) is 62.6 cm³/mol. The molecule has 0 aliphatic heterocycles. The van der Waals surface area contributed by atoms with Gasteiger partial charge in [0.05, 0.1) is 0 Å². The Morgan fingerprint density at radius 2 is 2.07 bits per heavy atom. The zero-order chi connectivity index (χ0) is 10.2. The van der Waals surface area contributed by atoms with Gasteiger partial charge < -0.3 is 5.32 Å². The Balaban J connectivity index is 2.25. The molecule has 0 aliphatic rings. The lowest BCUT2D eigenvalue weighted by Crippen LogP contribution is -2.28. The molecular formula is C11H20N2S. The fourth-order valence-corrected chi connectivity index (χ4v) is 2.18. The molecule has 0 aromatic carbocycles. The van der Waals surface area contributed by atoms with Crippen molar-refractivity contribution in [2.24, 2.45) is 0 Å². The van der Waals surface area contributed by atoms with Crippen LogP contribution in [0.25, 0.3) is 0 Å². The van der Waals surface area contributed by atoms with Crippen molar-refractivity contribution >= 4 is 11.3 Å². The molecule has 0 fully saturated rings. The van der Waals surface area contributed by atoms with Crippen LogP contribution in [0.2, 0.25) is 0 Å². The standard InChI is InChI=1S/C11H20N2S/c1-3-5-10(6-4-2)13-9-11-12-7-8-14-11/h7-8,10,13H,3-6,9H2,1-2H3. The molecule has 80 valence electrons. The highest BCUT2D eigenvalue weighted by molar-refractivity contribution is 7.09. The Morgan fingerprint density at radius 3 is 2.57 bits per heavy atom. The summed E-state index contributed by atoms with van der Waals surface area (Å²) in [6, 6.07) is 0.675. The highest BCUT2D eigenvalue weighted by Gasteiger charge is 2.06. The second-order valence-electron chi connectivity index (χ2n) is 3.58. The number of rotatable bonds is 7. The fraction of sp³-hybridized carbons (Fsp3) is 0.727. The lowest BCUT2D eigenvalue weighted by molar-refractivity contribution is 0.443. The van der Waals surface area contributed by atoms with Crippen LogP contribution in [0.1, 0.15) is 44.5 Å². The number of thiazole rings is 1. The highest BCUT2D eigenvalue weighted by atomic mass is 32.1. The quantitative estimate of drug-likeness (QED) is 0.750. The van der Waals surface area contributed by atoms with Gasteiger partial charge in [0.15, 0.2) is 0 Å². The number of nitrogens with one attached hydrogen (secondary N) is 1. The fourth-order valence-electron chi connectivity index (χ4n) is 1.62. The van der Waals surface area contributed by atoms with Crippen molar-refractivity contribution in [2.45, 2.75) is 52.1 Å². The van der Waals surface area contributed by atoms with E-state index in [1.54, 1.807) is 11.3 Å². The molecule has 0 saturated carbocycles. The van der Waals surface area contributed by atoms with Crippen LogP contribution in [0, 0.1) is 0 Å².